The molecule has 0 spiro atoms. The Morgan fingerprint density at radius 2 is 2.00 bits per heavy atom. The average Bonchev–Trinajstić information content (AvgIpc) is 3.02. The monoisotopic (exact) mass is 401 g/mol. The standard InChI is InChI=1S/C19H23N5O3S/c1-3-23-7-8-24(17-12-28(26,27)11-16(17)23)19(25)15-10-21-18(22-13(15)2)14-5-4-6-20-9-14/h4-6,9-10,16-17H,3,7-8,11-12H2,1-2H3/t16-,17+/m1/s1. The van der Waals surface area contributed by atoms with Crippen LogP contribution in [0.25, 0.3) is 11.4 Å². The van der Waals surface area contributed by atoms with E-state index in [2.05, 4.69) is 19.9 Å². The number of nitrogens with zero attached hydrogens (tertiary/aromatic N) is 5. The summed E-state index contributed by atoms with van der Waals surface area (Å²) in [5.41, 5.74) is 1.78. The highest BCUT2D eigenvalue weighted by Gasteiger charge is 2.47. The normalized spacial score (nSPS) is 24.1. The predicted molar refractivity (Wildman–Crippen MR) is 105 cm³/mol. The number of rotatable bonds is 3. The number of amides is 1. The van der Waals surface area contributed by atoms with Crippen LogP contribution >= 0.6 is 0 Å². The number of likely N-dealkylation sites (N-methyl/N-ethyl adjacent to an activating group) is 1. The highest BCUT2D eigenvalue weighted by Crippen LogP contribution is 2.28. The zero-order valence-electron chi connectivity index (χ0n) is 15.9. The number of fused-ring (bicyclic) bond motifs is 1. The number of piperazine rings is 1. The van der Waals surface area contributed by atoms with Crippen LogP contribution in [-0.2, 0) is 9.84 Å². The zero-order valence-corrected chi connectivity index (χ0v) is 16.8. The molecule has 2 atom stereocenters. The molecule has 28 heavy (non-hydrogen) atoms. The molecule has 2 aliphatic heterocycles. The van der Waals surface area contributed by atoms with Crippen LogP contribution in [0, 0.1) is 6.92 Å². The van der Waals surface area contributed by atoms with Gasteiger partial charge in [0.15, 0.2) is 15.7 Å². The second-order valence-electron chi connectivity index (χ2n) is 7.27. The van der Waals surface area contributed by atoms with Crippen LogP contribution in [0.5, 0.6) is 0 Å². The van der Waals surface area contributed by atoms with Crippen molar-refractivity contribution in [1.82, 2.24) is 24.8 Å². The molecule has 1 amide bonds. The Hall–Kier alpha value is -2.39. The summed E-state index contributed by atoms with van der Waals surface area (Å²) in [6.07, 6.45) is 4.89. The van der Waals surface area contributed by atoms with Crippen LogP contribution in [0.2, 0.25) is 0 Å². The number of hydrogen-bond acceptors (Lipinski definition) is 7. The summed E-state index contributed by atoms with van der Waals surface area (Å²) in [5, 5.41) is 0. The van der Waals surface area contributed by atoms with Gasteiger partial charge in [-0.25, -0.2) is 18.4 Å². The third-order valence-corrected chi connectivity index (χ3v) is 7.29. The molecule has 8 nitrogen and oxygen atoms in total. The fourth-order valence-corrected chi connectivity index (χ4v) is 6.15. The van der Waals surface area contributed by atoms with Crippen molar-refractivity contribution in [2.24, 2.45) is 0 Å². The molecule has 0 aromatic carbocycles. The first kappa shape index (κ1) is 18.9. The number of hydrogen-bond donors (Lipinski definition) is 0. The van der Waals surface area contributed by atoms with Gasteiger partial charge in [0, 0.05) is 43.3 Å². The van der Waals surface area contributed by atoms with E-state index >= 15 is 0 Å². The van der Waals surface area contributed by atoms with E-state index in [1.165, 1.54) is 6.20 Å². The lowest BCUT2D eigenvalue weighted by Gasteiger charge is -2.43. The maximum Gasteiger partial charge on any atom is 0.257 e. The number of aryl methyl sites for hydroxylation is 1. The molecule has 4 rings (SSSR count). The van der Waals surface area contributed by atoms with Gasteiger partial charge in [-0.05, 0) is 25.6 Å². The van der Waals surface area contributed by atoms with E-state index < -0.39 is 9.84 Å². The Morgan fingerprint density at radius 1 is 1.21 bits per heavy atom. The van der Waals surface area contributed by atoms with Crippen molar-refractivity contribution in [2.75, 3.05) is 31.1 Å². The Kier molecular flexibility index (Phi) is 4.88. The maximum absolute atomic E-state index is 13.2. The van der Waals surface area contributed by atoms with Crippen LogP contribution in [0.3, 0.4) is 0 Å². The second kappa shape index (κ2) is 7.21. The first-order valence-corrected chi connectivity index (χ1v) is 11.2. The third kappa shape index (κ3) is 3.40. The van der Waals surface area contributed by atoms with E-state index in [9.17, 15) is 13.2 Å². The van der Waals surface area contributed by atoms with Gasteiger partial charge >= 0.3 is 0 Å². The van der Waals surface area contributed by atoms with Crippen LogP contribution in [-0.4, -0.2) is 82.3 Å². The van der Waals surface area contributed by atoms with E-state index in [-0.39, 0.29) is 29.5 Å². The topological polar surface area (TPSA) is 96.4 Å². The zero-order chi connectivity index (χ0) is 19.9. The van der Waals surface area contributed by atoms with Crippen LogP contribution in [0.1, 0.15) is 23.0 Å². The highest BCUT2D eigenvalue weighted by molar-refractivity contribution is 7.91. The van der Waals surface area contributed by atoms with Crippen molar-refractivity contribution in [3.8, 4) is 11.4 Å². The van der Waals surface area contributed by atoms with Gasteiger partial charge in [0.25, 0.3) is 5.91 Å². The van der Waals surface area contributed by atoms with Crippen molar-refractivity contribution in [3.63, 3.8) is 0 Å². The van der Waals surface area contributed by atoms with Crippen molar-refractivity contribution in [1.29, 1.82) is 0 Å². The number of pyridine rings is 1. The van der Waals surface area contributed by atoms with E-state index in [1.807, 2.05) is 13.0 Å². The molecule has 0 saturated carbocycles. The quantitative estimate of drug-likeness (QED) is 0.750. The van der Waals surface area contributed by atoms with Crippen LogP contribution in [0.4, 0.5) is 0 Å². The third-order valence-electron chi connectivity index (χ3n) is 5.59. The van der Waals surface area contributed by atoms with E-state index in [1.54, 1.807) is 30.3 Å². The first-order valence-electron chi connectivity index (χ1n) is 9.39. The van der Waals surface area contributed by atoms with E-state index in [4.69, 9.17) is 0 Å². The Morgan fingerprint density at radius 3 is 2.68 bits per heavy atom. The molecule has 148 valence electrons. The molecule has 0 aliphatic carbocycles. The van der Waals surface area contributed by atoms with Gasteiger partial charge in [-0.1, -0.05) is 6.92 Å². The predicted octanol–water partition coefficient (Wildman–Crippen LogP) is 0.790. The number of carbonyl (C=O) groups excluding carboxylic acids is 1. The summed E-state index contributed by atoms with van der Waals surface area (Å²) >= 11 is 0. The van der Waals surface area contributed by atoms with Crippen molar-refractivity contribution < 1.29 is 13.2 Å². The first-order chi connectivity index (χ1) is 13.4. The van der Waals surface area contributed by atoms with Gasteiger partial charge in [0.1, 0.15) is 0 Å². The Bertz CT molecular complexity index is 996. The fourth-order valence-electron chi connectivity index (χ4n) is 4.14. The lowest BCUT2D eigenvalue weighted by molar-refractivity contribution is 0.0348. The summed E-state index contributed by atoms with van der Waals surface area (Å²) in [6, 6.07) is 3.22. The number of aromatic nitrogens is 3. The smallest absolute Gasteiger partial charge is 0.257 e. The summed E-state index contributed by atoms with van der Waals surface area (Å²) in [6.45, 7) is 5.76. The minimum Gasteiger partial charge on any atom is -0.332 e. The summed E-state index contributed by atoms with van der Waals surface area (Å²) in [7, 11) is -3.15. The highest BCUT2D eigenvalue weighted by atomic mass is 32.2. The molecule has 2 aliphatic rings. The van der Waals surface area contributed by atoms with E-state index in [0.29, 0.717) is 30.2 Å². The molecule has 4 heterocycles. The maximum atomic E-state index is 13.2. The summed E-state index contributed by atoms with van der Waals surface area (Å²) < 4.78 is 24.5. The van der Waals surface area contributed by atoms with Gasteiger partial charge in [-0.3, -0.25) is 14.7 Å². The van der Waals surface area contributed by atoms with Gasteiger partial charge in [0.2, 0.25) is 0 Å². The van der Waals surface area contributed by atoms with Crippen LogP contribution in [0.15, 0.2) is 30.7 Å². The molecular weight excluding hydrogens is 378 g/mol. The average molecular weight is 401 g/mol. The molecular formula is C19H23N5O3S. The molecule has 2 fully saturated rings. The van der Waals surface area contributed by atoms with Gasteiger partial charge in [0.05, 0.1) is 28.8 Å². The number of carbonyl (C=O) groups is 1. The molecule has 0 N–H and O–H groups in total. The lowest BCUT2D eigenvalue weighted by Crippen LogP contribution is -2.60. The molecule has 9 heteroatoms. The van der Waals surface area contributed by atoms with Gasteiger partial charge in [-0.15, -0.1) is 0 Å². The molecule has 2 saturated heterocycles. The summed E-state index contributed by atoms with van der Waals surface area (Å²) in [4.78, 5) is 30.0. The van der Waals surface area contributed by atoms with E-state index in [0.717, 1.165) is 12.1 Å². The van der Waals surface area contributed by atoms with Crippen molar-refractivity contribution in [3.05, 3.63) is 42.0 Å². The number of sulfone groups is 1. The van der Waals surface area contributed by atoms with Gasteiger partial charge in [-0.2, -0.15) is 0 Å². The molecule has 0 radical (unpaired) electrons. The largest absolute Gasteiger partial charge is 0.332 e. The summed E-state index contributed by atoms with van der Waals surface area (Å²) in [5.74, 6) is 0.454. The molecule has 2 aromatic heterocycles. The fraction of sp³-hybridized carbons (Fsp3) is 0.474. The Balaban J connectivity index is 1.62. The lowest BCUT2D eigenvalue weighted by atomic mass is 10.0. The van der Waals surface area contributed by atoms with Crippen molar-refractivity contribution >= 4 is 15.7 Å². The molecule has 2 aromatic rings. The SMILES string of the molecule is CCN1CCN(C(=O)c2cnc(-c3cccnc3)nc2C)[C@H]2CS(=O)(=O)C[C@H]21. The Labute approximate surface area is 164 Å². The van der Waals surface area contributed by atoms with Gasteiger partial charge < -0.3 is 4.90 Å². The van der Waals surface area contributed by atoms with Crippen LogP contribution < -0.4 is 0 Å². The molecule has 0 bridgehead atoms. The second-order valence-corrected chi connectivity index (χ2v) is 9.43. The molecule has 0 unspecified atom stereocenters. The minimum absolute atomic E-state index is 0.0214. The minimum atomic E-state index is -3.15. The van der Waals surface area contributed by atoms with Crippen molar-refractivity contribution in [2.45, 2.75) is 25.9 Å².